The fourth-order valence-corrected chi connectivity index (χ4v) is 1.49. The van der Waals surface area contributed by atoms with E-state index < -0.39 is 0 Å². The minimum atomic E-state index is 0.499. The summed E-state index contributed by atoms with van der Waals surface area (Å²) in [5, 5.41) is 1.21. The minimum Gasteiger partial charge on any atom is -0.350 e. The standard InChI is InChI=1S/C11H14N2/c1-8(2)10-6-11-9(7-12-10)4-5-13(11)3/h4-8H,1-3H3. The fourth-order valence-electron chi connectivity index (χ4n) is 1.49. The first-order valence-electron chi connectivity index (χ1n) is 4.59. The summed E-state index contributed by atoms with van der Waals surface area (Å²) in [6.45, 7) is 4.33. The lowest BCUT2D eigenvalue weighted by Crippen LogP contribution is -1.93. The Morgan fingerprint density at radius 3 is 2.85 bits per heavy atom. The first-order valence-corrected chi connectivity index (χ1v) is 4.59. The zero-order chi connectivity index (χ0) is 9.42. The van der Waals surface area contributed by atoms with E-state index in [-0.39, 0.29) is 0 Å². The highest BCUT2D eigenvalue weighted by molar-refractivity contribution is 5.79. The Bertz CT molecular complexity index is 427. The molecule has 0 radical (unpaired) electrons. The minimum absolute atomic E-state index is 0.499. The molecular weight excluding hydrogens is 160 g/mol. The van der Waals surface area contributed by atoms with Gasteiger partial charge in [0.05, 0.1) is 5.52 Å². The van der Waals surface area contributed by atoms with Crippen LogP contribution in [0.25, 0.3) is 10.9 Å². The van der Waals surface area contributed by atoms with Crippen molar-refractivity contribution in [2.24, 2.45) is 7.05 Å². The van der Waals surface area contributed by atoms with E-state index in [2.05, 4.69) is 48.8 Å². The number of hydrogen-bond donors (Lipinski definition) is 0. The molecule has 2 nitrogen and oxygen atoms in total. The van der Waals surface area contributed by atoms with Gasteiger partial charge < -0.3 is 4.57 Å². The van der Waals surface area contributed by atoms with Crippen LogP contribution >= 0.6 is 0 Å². The molecular formula is C11H14N2. The Labute approximate surface area is 78.2 Å². The van der Waals surface area contributed by atoms with Crippen LogP contribution in [0.1, 0.15) is 25.5 Å². The van der Waals surface area contributed by atoms with Crippen molar-refractivity contribution in [1.82, 2.24) is 9.55 Å². The zero-order valence-electron chi connectivity index (χ0n) is 8.28. The molecule has 0 fully saturated rings. The average molecular weight is 174 g/mol. The molecule has 0 amide bonds. The Balaban J connectivity index is 2.66. The van der Waals surface area contributed by atoms with E-state index in [9.17, 15) is 0 Å². The van der Waals surface area contributed by atoms with Gasteiger partial charge in [-0.1, -0.05) is 13.8 Å². The SMILES string of the molecule is CC(C)c1cc2c(ccn2C)cn1. The summed E-state index contributed by atoms with van der Waals surface area (Å²) >= 11 is 0. The number of pyridine rings is 1. The van der Waals surface area contributed by atoms with Crippen LogP contribution in [0.15, 0.2) is 24.5 Å². The van der Waals surface area contributed by atoms with Crippen LogP contribution in [-0.4, -0.2) is 9.55 Å². The molecule has 0 saturated heterocycles. The highest BCUT2D eigenvalue weighted by Crippen LogP contribution is 2.18. The summed E-state index contributed by atoms with van der Waals surface area (Å²) in [6.07, 6.45) is 4.01. The first kappa shape index (κ1) is 8.30. The second-order valence-electron chi connectivity index (χ2n) is 3.75. The molecule has 2 aromatic heterocycles. The van der Waals surface area contributed by atoms with Crippen LogP contribution in [0.5, 0.6) is 0 Å². The second kappa shape index (κ2) is 2.87. The second-order valence-corrected chi connectivity index (χ2v) is 3.75. The molecule has 2 rings (SSSR count). The van der Waals surface area contributed by atoms with E-state index in [1.807, 2.05) is 6.20 Å². The predicted molar refractivity (Wildman–Crippen MR) is 54.8 cm³/mol. The molecule has 68 valence electrons. The van der Waals surface area contributed by atoms with Crippen molar-refractivity contribution < 1.29 is 0 Å². The van der Waals surface area contributed by atoms with Gasteiger partial charge in [0.25, 0.3) is 0 Å². The number of nitrogens with zero attached hydrogens (tertiary/aromatic N) is 2. The maximum Gasteiger partial charge on any atom is 0.0511 e. The van der Waals surface area contributed by atoms with Crippen LogP contribution in [-0.2, 0) is 7.05 Å². The number of hydrogen-bond acceptors (Lipinski definition) is 1. The molecule has 0 unspecified atom stereocenters. The molecule has 0 saturated carbocycles. The lowest BCUT2D eigenvalue weighted by atomic mass is 10.1. The molecule has 13 heavy (non-hydrogen) atoms. The van der Waals surface area contributed by atoms with Gasteiger partial charge in [-0.25, -0.2) is 0 Å². The summed E-state index contributed by atoms with van der Waals surface area (Å²) in [4.78, 5) is 4.41. The highest BCUT2D eigenvalue weighted by Gasteiger charge is 2.03. The summed E-state index contributed by atoms with van der Waals surface area (Å²) in [7, 11) is 2.06. The van der Waals surface area contributed by atoms with Gasteiger partial charge in [-0.15, -0.1) is 0 Å². The summed E-state index contributed by atoms with van der Waals surface area (Å²) in [5.74, 6) is 0.499. The van der Waals surface area contributed by atoms with Gasteiger partial charge in [-0.3, -0.25) is 4.98 Å². The fraction of sp³-hybridized carbons (Fsp3) is 0.364. The van der Waals surface area contributed by atoms with Crippen LogP contribution in [0, 0.1) is 0 Å². The summed E-state index contributed by atoms with van der Waals surface area (Å²) in [6, 6.07) is 4.26. The monoisotopic (exact) mass is 174 g/mol. The van der Waals surface area contributed by atoms with Crippen LogP contribution in [0.4, 0.5) is 0 Å². The van der Waals surface area contributed by atoms with Gasteiger partial charge in [0.15, 0.2) is 0 Å². The van der Waals surface area contributed by atoms with Crippen molar-refractivity contribution >= 4 is 10.9 Å². The number of aryl methyl sites for hydroxylation is 1. The maximum atomic E-state index is 4.41. The molecule has 0 aliphatic heterocycles. The lowest BCUT2D eigenvalue weighted by Gasteiger charge is -2.04. The average Bonchev–Trinajstić information content (AvgIpc) is 2.47. The van der Waals surface area contributed by atoms with E-state index in [4.69, 9.17) is 0 Å². The molecule has 2 heteroatoms. The Morgan fingerprint density at radius 1 is 1.38 bits per heavy atom. The molecule has 0 spiro atoms. The van der Waals surface area contributed by atoms with Crippen molar-refractivity contribution in [2.75, 3.05) is 0 Å². The van der Waals surface area contributed by atoms with Gasteiger partial charge in [-0.05, 0) is 18.1 Å². The molecule has 2 aromatic rings. The third kappa shape index (κ3) is 1.32. The van der Waals surface area contributed by atoms with Gasteiger partial charge in [0.1, 0.15) is 0 Å². The lowest BCUT2D eigenvalue weighted by molar-refractivity contribution is 0.823. The first-order chi connectivity index (χ1) is 6.18. The van der Waals surface area contributed by atoms with Crippen LogP contribution < -0.4 is 0 Å². The molecule has 0 atom stereocenters. The molecule has 0 aliphatic carbocycles. The summed E-state index contributed by atoms with van der Waals surface area (Å²) < 4.78 is 2.13. The zero-order valence-corrected chi connectivity index (χ0v) is 8.28. The predicted octanol–water partition coefficient (Wildman–Crippen LogP) is 2.70. The van der Waals surface area contributed by atoms with E-state index in [0.29, 0.717) is 5.92 Å². The number of fused-ring (bicyclic) bond motifs is 1. The van der Waals surface area contributed by atoms with Crippen LogP contribution in [0.2, 0.25) is 0 Å². The van der Waals surface area contributed by atoms with Gasteiger partial charge >= 0.3 is 0 Å². The number of aromatic nitrogens is 2. The van der Waals surface area contributed by atoms with Crippen molar-refractivity contribution in [3.05, 3.63) is 30.2 Å². The summed E-state index contributed by atoms with van der Waals surface area (Å²) in [5.41, 5.74) is 2.42. The Morgan fingerprint density at radius 2 is 2.15 bits per heavy atom. The van der Waals surface area contributed by atoms with E-state index in [1.165, 1.54) is 10.9 Å². The van der Waals surface area contributed by atoms with Crippen molar-refractivity contribution in [3.63, 3.8) is 0 Å². The molecule has 2 heterocycles. The topological polar surface area (TPSA) is 17.8 Å². The quantitative estimate of drug-likeness (QED) is 0.650. The molecule has 0 N–H and O–H groups in total. The van der Waals surface area contributed by atoms with Gasteiger partial charge in [0.2, 0.25) is 0 Å². The Hall–Kier alpha value is -1.31. The third-order valence-corrected chi connectivity index (χ3v) is 2.38. The molecule has 0 aromatic carbocycles. The maximum absolute atomic E-state index is 4.41. The van der Waals surface area contributed by atoms with E-state index >= 15 is 0 Å². The molecule has 0 bridgehead atoms. The largest absolute Gasteiger partial charge is 0.350 e. The van der Waals surface area contributed by atoms with Crippen molar-refractivity contribution in [3.8, 4) is 0 Å². The van der Waals surface area contributed by atoms with Crippen LogP contribution in [0.3, 0.4) is 0 Å². The highest BCUT2D eigenvalue weighted by atomic mass is 14.9. The number of rotatable bonds is 1. The van der Waals surface area contributed by atoms with Gasteiger partial charge in [0, 0.05) is 30.5 Å². The van der Waals surface area contributed by atoms with E-state index in [1.54, 1.807) is 0 Å². The van der Waals surface area contributed by atoms with E-state index in [0.717, 1.165) is 5.69 Å². The van der Waals surface area contributed by atoms with Gasteiger partial charge in [-0.2, -0.15) is 0 Å². The Kier molecular flexibility index (Phi) is 1.83. The van der Waals surface area contributed by atoms with Crippen molar-refractivity contribution in [1.29, 1.82) is 0 Å². The smallest absolute Gasteiger partial charge is 0.0511 e. The molecule has 0 aliphatic rings. The third-order valence-electron chi connectivity index (χ3n) is 2.38. The normalized spacial score (nSPS) is 11.4. The van der Waals surface area contributed by atoms with Crippen molar-refractivity contribution in [2.45, 2.75) is 19.8 Å².